The molecular formula is C28H24N4O4. The van der Waals surface area contributed by atoms with Gasteiger partial charge in [0, 0.05) is 29.9 Å². The van der Waals surface area contributed by atoms with Crippen molar-refractivity contribution in [2.45, 2.75) is 25.6 Å². The van der Waals surface area contributed by atoms with Crippen molar-refractivity contribution in [3.05, 3.63) is 119 Å². The smallest absolute Gasteiger partial charge is 0.326 e. The molecule has 5 rings (SSSR count). The first-order valence-electron chi connectivity index (χ1n) is 11.6. The number of hydrogen-bond donors (Lipinski definition) is 2. The number of anilines is 1. The average Bonchev–Trinajstić information content (AvgIpc) is 3.26. The number of ketones is 1. The van der Waals surface area contributed by atoms with E-state index < -0.39 is 18.0 Å². The maximum absolute atomic E-state index is 13.5. The number of urea groups is 1. The summed E-state index contributed by atoms with van der Waals surface area (Å²) in [5.41, 5.74) is 3.17. The van der Waals surface area contributed by atoms with Gasteiger partial charge in [0.1, 0.15) is 6.04 Å². The molecule has 180 valence electrons. The van der Waals surface area contributed by atoms with E-state index in [9.17, 15) is 19.5 Å². The largest absolute Gasteiger partial charge is 0.480 e. The number of rotatable bonds is 6. The second-order valence-electron chi connectivity index (χ2n) is 8.58. The number of imidazole rings is 1. The number of nitrogens with zero attached hydrogens (tertiary/aromatic N) is 3. The number of carboxylic acid groups (broad SMARTS) is 1. The molecule has 8 nitrogen and oxygen atoms in total. The summed E-state index contributed by atoms with van der Waals surface area (Å²) < 4.78 is 1.79. The summed E-state index contributed by atoms with van der Waals surface area (Å²) in [5.74, 6) is -1.15. The van der Waals surface area contributed by atoms with Crippen molar-refractivity contribution >= 4 is 23.5 Å². The van der Waals surface area contributed by atoms with Crippen molar-refractivity contribution in [2.75, 3.05) is 5.32 Å². The van der Waals surface area contributed by atoms with Crippen LogP contribution in [0.1, 0.15) is 33.1 Å². The molecule has 36 heavy (non-hydrogen) atoms. The molecule has 1 aliphatic heterocycles. The first kappa shape index (κ1) is 23.0. The molecule has 0 bridgehead atoms. The molecule has 0 saturated carbocycles. The molecule has 0 fully saturated rings. The number of para-hydroxylation sites is 1. The fourth-order valence-corrected chi connectivity index (χ4v) is 4.43. The SMILES string of the molecule is O=C(c1ccccc1)c1nc2c(n1Cc1ccccc1)CC(C(=O)O)N(C(=O)Nc1ccccc1)C2. The van der Waals surface area contributed by atoms with Gasteiger partial charge in [0.25, 0.3) is 0 Å². The highest BCUT2D eigenvalue weighted by Crippen LogP contribution is 2.27. The maximum atomic E-state index is 13.5. The molecule has 1 aromatic heterocycles. The lowest BCUT2D eigenvalue weighted by Gasteiger charge is -2.33. The number of carboxylic acids is 1. The van der Waals surface area contributed by atoms with E-state index in [1.165, 1.54) is 4.90 Å². The van der Waals surface area contributed by atoms with Gasteiger partial charge in [0.2, 0.25) is 5.78 Å². The summed E-state index contributed by atoms with van der Waals surface area (Å²) in [4.78, 5) is 44.7. The first-order chi connectivity index (χ1) is 17.5. The van der Waals surface area contributed by atoms with Crippen molar-refractivity contribution in [1.82, 2.24) is 14.5 Å². The van der Waals surface area contributed by atoms with Crippen LogP contribution in [-0.4, -0.2) is 43.4 Å². The van der Waals surface area contributed by atoms with E-state index in [1.807, 2.05) is 42.5 Å². The van der Waals surface area contributed by atoms with Crippen LogP contribution in [0.3, 0.4) is 0 Å². The van der Waals surface area contributed by atoms with Crippen molar-refractivity contribution in [3.63, 3.8) is 0 Å². The molecule has 0 saturated heterocycles. The van der Waals surface area contributed by atoms with Crippen LogP contribution < -0.4 is 5.32 Å². The lowest BCUT2D eigenvalue weighted by Crippen LogP contribution is -2.50. The predicted octanol–water partition coefficient (Wildman–Crippen LogP) is 4.21. The van der Waals surface area contributed by atoms with Crippen molar-refractivity contribution in [1.29, 1.82) is 0 Å². The minimum atomic E-state index is -1.12. The Kier molecular flexibility index (Phi) is 6.32. The number of aliphatic carboxylic acids is 1. The van der Waals surface area contributed by atoms with Crippen LogP contribution in [-0.2, 0) is 24.3 Å². The van der Waals surface area contributed by atoms with Gasteiger partial charge in [-0.3, -0.25) is 4.79 Å². The lowest BCUT2D eigenvalue weighted by atomic mass is 10.0. The Morgan fingerprint density at radius 1 is 0.889 bits per heavy atom. The molecular weight excluding hydrogens is 456 g/mol. The van der Waals surface area contributed by atoms with Crippen molar-refractivity contribution < 1.29 is 19.5 Å². The highest BCUT2D eigenvalue weighted by atomic mass is 16.4. The molecule has 0 radical (unpaired) electrons. The first-order valence-corrected chi connectivity index (χ1v) is 11.6. The number of hydrogen-bond acceptors (Lipinski definition) is 4. The molecule has 3 aromatic carbocycles. The summed E-state index contributed by atoms with van der Waals surface area (Å²) >= 11 is 0. The van der Waals surface area contributed by atoms with Crippen LogP contribution in [0.2, 0.25) is 0 Å². The van der Waals surface area contributed by atoms with Crippen LogP contribution in [0.15, 0.2) is 91.0 Å². The zero-order valence-corrected chi connectivity index (χ0v) is 19.4. The maximum Gasteiger partial charge on any atom is 0.326 e. The summed E-state index contributed by atoms with van der Waals surface area (Å²) in [7, 11) is 0. The molecule has 2 N–H and O–H groups in total. The Balaban J connectivity index is 1.54. The monoisotopic (exact) mass is 480 g/mol. The predicted molar refractivity (Wildman–Crippen MR) is 134 cm³/mol. The zero-order valence-electron chi connectivity index (χ0n) is 19.4. The van der Waals surface area contributed by atoms with E-state index in [0.717, 1.165) is 5.56 Å². The molecule has 0 aliphatic carbocycles. The Morgan fingerprint density at radius 3 is 2.14 bits per heavy atom. The van der Waals surface area contributed by atoms with E-state index in [1.54, 1.807) is 53.1 Å². The van der Waals surface area contributed by atoms with E-state index in [-0.39, 0.29) is 24.6 Å². The third-order valence-corrected chi connectivity index (χ3v) is 6.23. The topological polar surface area (TPSA) is 105 Å². The van der Waals surface area contributed by atoms with Crippen LogP contribution in [0.4, 0.5) is 10.5 Å². The minimum absolute atomic E-state index is 0.0260. The van der Waals surface area contributed by atoms with Gasteiger partial charge >= 0.3 is 12.0 Å². The third-order valence-electron chi connectivity index (χ3n) is 6.23. The summed E-state index contributed by atoms with van der Waals surface area (Å²) in [6.45, 7) is 0.335. The van der Waals surface area contributed by atoms with E-state index in [2.05, 4.69) is 10.3 Å². The van der Waals surface area contributed by atoms with E-state index in [0.29, 0.717) is 29.2 Å². The van der Waals surface area contributed by atoms with Crippen LogP contribution in [0.25, 0.3) is 0 Å². The van der Waals surface area contributed by atoms with Gasteiger partial charge in [-0.25, -0.2) is 14.6 Å². The molecule has 8 heteroatoms. The van der Waals surface area contributed by atoms with Crippen LogP contribution in [0, 0.1) is 0 Å². The van der Waals surface area contributed by atoms with Gasteiger partial charge in [-0.1, -0.05) is 78.9 Å². The van der Waals surface area contributed by atoms with Gasteiger partial charge in [0.05, 0.1) is 12.2 Å². The highest BCUT2D eigenvalue weighted by molar-refractivity contribution is 6.07. The Morgan fingerprint density at radius 2 is 1.50 bits per heavy atom. The number of benzene rings is 3. The second kappa shape index (κ2) is 9.87. The van der Waals surface area contributed by atoms with Gasteiger partial charge in [-0.2, -0.15) is 0 Å². The molecule has 2 amide bonds. The van der Waals surface area contributed by atoms with Crippen molar-refractivity contribution in [2.24, 2.45) is 0 Å². The summed E-state index contributed by atoms with van der Waals surface area (Å²) in [6, 6.07) is 25.7. The van der Waals surface area contributed by atoms with Crippen LogP contribution >= 0.6 is 0 Å². The van der Waals surface area contributed by atoms with Gasteiger partial charge in [-0.15, -0.1) is 0 Å². The molecule has 1 aliphatic rings. The minimum Gasteiger partial charge on any atom is -0.480 e. The van der Waals surface area contributed by atoms with Gasteiger partial charge < -0.3 is 19.9 Å². The Bertz CT molecular complexity index is 1400. The zero-order chi connectivity index (χ0) is 25.1. The molecule has 0 spiro atoms. The summed E-state index contributed by atoms with van der Waals surface area (Å²) in [5, 5.41) is 12.8. The number of fused-ring (bicyclic) bond motifs is 1. The Labute approximate surface area is 207 Å². The van der Waals surface area contributed by atoms with Crippen molar-refractivity contribution in [3.8, 4) is 0 Å². The average molecular weight is 481 g/mol. The third kappa shape index (κ3) is 4.61. The number of amides is 2. The number of carbonyl (C=O) groups is 3. The van der Waals surface area contributed by atoms with E-state index >= 15 is 0 Å². The molecule has 2 heterocycles. The standard InChI is InChI=1S/C28H24N4O4/c33-25(20-12-6-2-7-13-20)26-30-22-18-32(28(36)29-21-14-8-3-9-15-21)24(27(34)35)16-23(22)31(26)17-19-10-4-1-5-11-19/h1-15,24H,16-18H2,(H,29,36)(H,34,35). The highest BCUT2D eigenvalue weighted by Gasteiger charge is 2.39. The number of carbonyl (C=O) groups excluding carboxylic acids is 2. The van der Waals surface area contributed by atoms with Gasteiger partial charge in [-0.05, 0) is 17.7 Å². The molecule has 1 atom stereocenters. The Hall–Kier alpha value is -4.72. The molecule has 4 aromatic rings. The number of nitrogens with one attached hydrogen (secondary N) is 1. The fraction of sp³-hybridized carbons (Fsp3) is 0.143. The van der Waals surface area contributed by atoms with E-state index in [4.69, 9.17) is 0 Å². The summed E-state index contributed by atoms with van der Waals surface area (Å²) in [6.07, 6.45) is 0.0365. The molecule has 1 unspecified atom stereocenters. The number of aromatic nitrogens is 2. The van der Waals surface area contributed by atoms with Crippen LogP contribution in [0.5, 0.6) is 0 Å². The lowest BCUT2D eigenvalue weighted by molar-refractivity contribution is -0.142. The van der Waals surface area contributed by atoms with Gasteiger partial charge in [0.15, 0.2) is 5.82 Å². The normalized spacial score (nSPS) is 14.7. The fourth-order valence-electron chi connectivity index (χ4n) is 4.43. The quantitative estimate of drug-likeness (QED) is 0.403. The second-order valence-corrected chi connectivity index (χ2v) is 8.58.